The maximum atomic E-state index is 12.1. The first-order valence-corrected chi connectivity index (χ1v) is 11.6. The number of anilines is 1. The molecule has 0 atom stereocenters. The lowest BCUT2D eigenvalue weighted by Gasteiger charge is -2.32. The highest BCUT2D eigenvalue weighted by Gasteiger charge is 2.16. The molecule has 1 aliphatic rings. The first kappa shape index (κ1) is 22.3. The predicted octanol–water partition coefficient (Wildman–Crippen LogP) is 4.92. The van der Waals surface area contributed by atoms with Crippen LogP contribution < -0.4 is 10.2 Å². The lowest BCUT2D eigenvalue weighted by atomic mass is 9.98. The molecular weight excluding hydrogens is 424 g/mol. The zero-order valence-electron chi connectivity index (χ0n) is 18.4. The second-order valence-electron chi connectivity index (χ2n) is 8.45. The van der Waals surface area contributed by atoms with Crippen molar-refractivity contribution in [1.29, 1.82) is 0 Å². The Morgan fingerprint density at radius 3 is 2.53 bits per heavy atom. The summed E-state index contributed by atoms with van der Waals surface area (Å²) in [4.78, 5) is 19.0. The van der Waals surface area contributed by atoms with Gasteiger partial charge in [0.25, 0.3) is 0 Å². The van der Waals surface area contributed by atoms with E-state index in [1.54, 1.807) is 0 Å². The molecule has 2 aromatic carbocycles. The number of aromatic nitrogens is 2. The van der Waals surface area contributed by atoms with Crippen LogP contribution in [0, 0.1) is 5.92 Å². The lowest BCUT2D eigenvalue weighted by Crippen LogP contribution is -2.32. The minimum atomic E-state index is -0.0288. The summed E-state index contributed by atoms with van der Waals surface area (Å²) in [7, 11) is 0. The van der Waals surface area contributed by atoms with E-state index in [1.165, 1.54) is 18.5 Å². The number of carbonyl (C=O) groups excluding carboxylic acids is 1. The Morgan fingerprint density at radius 1 is 1.09 bits per heavy atom. The Bertz CT molecular complexity index is 1010. The minimum absolute atomic E-state index is 0.0288. The van der Waals surface area contributed by atoms with E-state index in [9.17, 15) is 4.79 Å². The second kappa shape index (κ2) is 10.6. The van der Waals surface area contributed by atoms with Crippen LogP contribution in [0.3, 0.4) is 0 Å². The molecule has 1 aliphatic heterocycles. The number of nitrogens with one attached hydrogen (secondary N) is 1. The van der Waals surface area contributed by atoms with Crippen molar-refractivity contribution in [3.63, 3.8) is 0 Å². The summed E-state index contributed by atoms with van der Waals surface area (Å²) in [5, 5.41) is 7.72. The second-order valence-corrected chi connectivity index (χ2v) is 8.89. The van der Waals surface area contributed by atoms with Gasteiger partial charge in [0.2, 0.25) is 17.6 Å². The SMILES string of the molecule is CC1CCN(c2ccc(-c3noc(CCC(=O)NCCc4ccc(Cl)cc4)n3)cc2)CC1. The molecule has 0 spiro atoms. The number of hydrogen-bond acceptors (Lipinski definition) is 5. The van der Waals surface area contributed by atoms with Crippen LogP contribution in [-0.4, -0.2) is 35.7 Å². The highest BCUT2D eigenvalue weighted by molar-refractivity contribution is 6.30. The van der Waals surface area contributed by atoms with E-state index >= 15 is 0 Å². The summed E-state index contributed by atoms with van der Waals surface area (Å²) >= 11 is 5.89. The van der Waals surface area contributed by atoms with Gasteiger partial charge in [0.15, 0.2) is 0 Å². The van der Waals surface area contributed by atoms with Crippen LogP contribution in [0.5, 0.6) is 0 Å². The predicted molar refractivity (Wildman–Crippen MR) is 127 cm³/mol. The Hall–Kier alpha value is -2.86. The van der Waals surface area contributed by atoms with Crippen molar-refractivity contribution in [2.24, 2.45) is 5.92 Å². The number of aryl methyl sites for hydroxylation is 1. The third kappa shape index (κ3) is 6.10. The highest BCUT2D eigenvalue weighted by Crippen LogP contribution is 2.25. The van der Waals surface area contributed by atoms with Crippen LogP contribution in [0.4, 0.5) is 5.69 Å². The van der Waals surface area contributed by atoms with Gasteiger partial charge in [0.1, 0.15) is 0 Å². The summed E-state index contributed by atoms with van der Waals surface area (Å²) in [6, 6.07) is 15.9. The number of amides is 1. The largest absolute Gasteiger partial charge is 0.372 e. The Balaban J connectivity index is 1.23. The first-order chi connectivity index (χ1) is 15.6. The van der Waals surface area contributed by atoms with Gasteiger partial charge in [-0.1, -0.05) is 35.8 Å². The van der Waals surface area contributed by atoms with Gasteiger partial charge in [-0.25, -0.2) is 0 Å². The van der Waals surface area contributed by atoms with E-state index in [-0.39, 0.29) is 5.91 Å². The number of nitrogens with zero attached hydrogens (tertiary/aromatic N) is 3. The van der Waals surface area contributed by atoms with Crippen molar-refractivity contribution in [3.05, 3.63) is 65.0 Å². The Morgan fingerprint density at radius 2 is 1.81 bits per heavy atom. The molecule has 1 saturated heterocycles. The summed E-state index contributed by atoms with van der Waals surface area (Å²) in [6.07, 6.45) is 3.98. The van der Waals surface area contributed by atoms with E-state index in [0.717, 1.165) is 36.6 Å². The number of benzene rings is 2. The van der Waals surface area contributed by atoms with Crippen LogP contribution in [0.1, 0.15) is 37.6 Å². The molecule has 1 N–H and O–H groups in total. The number of carbonyl (C=O) groups is 1. The molecule has 1 fully saturated rings. The van der Waals surface area contributed by atoms with Crippen molar-refractivity contribution in [2.75, 3.05) is 24.5 Å². The normalized spacial score (nSPS) is 14.5. The molecule has 3 aromatic rings. The fraction of sp³-hybridized carbons (Fsp3) is 0.400. The molecule has 2 heterocycles. The van der Waals surface area contributed by atoms with Gasteiger partial charge in [0.05, 0.1) is 0 Å². The van der Waals surface area contributed by atoms with Gasteiger partial charge in [-0.05, 0) is 67.1 Å². The van der Waals surface area contributed by atoms with Crippen molar-refractivity contribution < 1.29 is 9.32 Å². The molecule has 0 aliphatic carbocycles. The molecule has 0 saturated carbocycles. The van der Waals surface area contributed by atoms with Gasteiger partial charge in [-0.3, -0.25) is 4.79 Å². The molecule has 0 radical (unpaired) electrons. The van der Waals surface area contributed by atoms with Gasteiger partial charge in [-0.15, -0.1) is 0 Å². The fourth-order valence-electron chi connectivity index (χ4n) is 3.87. The number of hydrogen-bond donors (Lipinski definition) is 1. The van der Waals surface area contributed by atoms with E-state index in [1.807, 2.05) is 36.4 Å². The molecule has 1 aromatic heterocycles. The molecule has 6 nitrogen and oxygen atoms in total. The van der Waals surface area contributed by atoms with Crippen molar-refractivity contribution in [3.8, 4) is 11.4 Å². The van der Waals surface area contributed by atoms with Crippen molar-refractivity contribution in [1.82, 2.24) is 15.5 Å². The topological polar surface area (TPSA) is 71.3 Å². The Kier molecular flexibility index (Phi) is 7.43. The van der Waals surface area contributed by atoms with Gasteiger partial charge < -0.3 is 14.7 Å². The van der Waals surface area contributed by atoms with E-state index in [4.69, 9.17) is 16.1 Å². The average Bonchev–Trinajstić information content (AvgIpc) is 3.29. The van der Waals surface area contributed by atoms with Crippen LogP contribution in [0.15, 0.2) is 53.1 Å². The molecule has 7 heteroatoms. The van der Waals surface area contributed by atoms with Crippen molar-refractivity contribution >= 4 is 23.2 Å². The maximum Gasteiger partial charge on any atom is 0.227 e. The molecule has 168 valence electrons. The third-order valence-corrected chi connectivity index (χ3v) is 6.21. The monoisotopic (exact) mass is 452 g/mol. The van der Waals surface area contributed by atoms with Crippen molar-refractivity contribution in [2.45, 2.75) is 39.0 Å². The quantitative estimate of drug-likeness (QED) is 0.525. The average molecular weight is 453 g/mol. The molecule has 32 heavy (non-hydrogen) atoms. The first-order valence-electron chi connectivity index (χ1n) is 11.3. The van der Waals surface area contributed by atoms with Crippen LogP contribution in [-0.2, 0) is 17.6 Å². The molecule has 0 unspecified atom stereocenters. The highest BCUT2D eigenvalue weighted by atomic mass is 35.5. The van der Waals surface area contributed by atoms with Crippen LogP contribution in [0.25, 0.3) is 11.4 Å². The summed E-state index contributed by atoms with van der Waals surface area (Å²) in [6.45, 7) is 5.11. The minimum Gasteiger partial charge on any atom is -0.372 e. The van der Waals surface area contributed by atoms with E-state index < -0.39 is 0 Å². The molecular formula is C25H29ClN4O2. The summed E-state index contributed by atoms with van der Waals surface area (Å²) in [5.41, 5.74) is 3.29. The third-order valence-electron chi connectivity index (χ3n) is 5.96. The number of rotatable bonds is 8. The summed E-state index contributed by atoms with van der Waals surface area (Å²) < 4.78 is 5.35. The zero-order valence-corrected chi connectivity index (χ0v) is 19.1. The number of halogens is 1. The smallest absolute Gasteiger partial charge is 0.227 e. The van der Waals surface area contributed by atoms with Crippen LogP contribution >= 0.6 is 11.6 Å². The zero-order chi connectivity index (χ0) is 22.3. The molecule has 0 bridgehead atoms. The molecule has 1 amide bonds. The lowest BCUT2D eigenvalue weighted by molar-refractivity contribution is -0.121. The molecule has 4 rings (SSSR count). The van der Waals surface area contributed by atoms with Gasteiger partial charge in [-0.2, -0.15) is 4.98 Å². The maximum absolute atomic E-state index is 12.1. The fourth-order valence-corrected chi connectivity index (χ4v) is 3.99. The van der Waals surface area contributed by atoms with Crippen LogP contribution in [0.2, 0.25) is 5.02 Å². The van der Waals surface area contributed by atoms with E-state index in [2.05, 4.69) is 39.4 Å². The summed E-state index contributed by atoms with van der Waals surface area (Å²) in [5.74, 6) is 1.82. The van der Waals surface area contributed by atoms with E-state index in [0.29, 0.717) is 36.1 Å². The van der Waals surface area contributed by atoms with Gasteiger partial charge >= 0.3 is 0 Å². The van der Waals surface area contributed by atoms with Gasteiger partial charge in [0, 0.05) is 48.7 Å². The standard InChI is InChI=1S/C25H29ClN4O2/c1-18-13-16-30(17-14-18)22-8-4-20(5-9-22)25-28-24(32-29-25)11-10-23(31)27-15-12-19-2-6-21(26)7-3-19/h2-9,18H,10-17H2,1H3,(H,27,31). The Labute approximate surface area is 194 Å². The number of piperidine rings is 1.